The van der Waals surface area contributed by atoms with E-state index in [1.807, 2.05) is 0 Å². The van der Waals surface area contributed by atoms with E-state index >= 15 is 0 Å². The van der Waals surface area contributed by atoms with Crippen LogP contribution in [-0.4, -0.2) is 46.7 Å². The van der Waals surface area contributed by atoms with Crippen molar-refractivity contribution >= 4 is 38.6 Å². The fourth-order valence-corrected chi connectivity index (χ4v) is 2.76. The molecule has 9 nitrogen and oxygen atoms in total. The van der Waals surface area contributed by atoms with E-state index < -0.39 is 28.2 Å². The standard InChI is InChI=1S/C8H10N4O5S2.K/c9-8-10-4(3-18-8)1-6(13)11-5-2-12(7(5)14)19(15,16)17;/h3,5H,1-2H2,(H2,9,10)(H,11,13)(H,15,16,17);/q;+1/p-1/t5-;/m0./s1. The molecule has 3 N–H and O–H groups in total. The molecular formula is C8H9KN4O5S2. The van der Waals surface area contributed by atoms with Crippen molar-refractivity contribution in [3.8, 4) is 0 Å². The molecule has 1 atom stereocenters. The molecule has 0 unspecified atom stereocenters. The average Bonchev–Trinajstić information content (AvgIpc) is 2.67. The first kappa shape index (κ1) is 18.0. The predicted octanol–water partition coefficient (Wildman–Crippen LogP) is -4.94. The van der Waals surface area contributed by atoms with Crippen LogP contribution in [0.25, 0.3) is 0 Å². The molecule has 12 heteroatoms. The van der Waals surface area contributed by atoms with Crippen LogP contribution in [-0.2, 0) is 26.3 Å². The van der Waals surface area contributed by atoms with Gasteiger partial charge in [0.05, 0.1) is 18.7 Å². The Bertz CT molecular complexity index is 631. The van der Waals surface area contributed by atoms with Crippen molar-refractivity contribution in [3.05, 3.63) is 11.1 Å². The minimum absolute atomic E-state index is 0. The molecule has 1 aliphatic rings. The molecule has 104 valence electrons. The number of carbonyl (C=O) groups is 2. The van der Waals surface area contributed by atoms with E-state index in [2.05, 4.69) is 10.3 Å². The van der Waals surface area contributed by atoms with Crippen molar-refractivity contribution in [1.29, 1.82) is 0 Å². The van der Waals surface area contributed by atoms with Crippen LogP contribution in [0.15, 0.2) is 5.38 Å². The second-order valence-electron chi connectivity index (χ2n) is 3.80. The van der Waals surface area contributed by atoms with Gasteiger partial charge in [-0.05, 0) is 0 Å². The van der Waals surface area contributed by atoms with Crippen LogP contribution in [0, 0.1) is 0 Å². The van der Waals surface area contributed by atoms with Crippen LogP contribution < -0.4 is 62.4 Å². The number of nitrogens with zero attached hydrogens (tertiary/aromatic N) is 2. The zero-order valence-corrected chi connectivity index (χ0v) is 15.2. The van der Waals surface area contributed by atoms with Crippen molar-refractivity contribution in [3.63, 3.8) is 0 Å². The zero-order chi connectivity index (χ0) is 14.2. The van der Waals surface area contributed by atoms with E-state index in [4.69, 9.17) is 5.73 Å². The van der Waals surface area contributed by atoms with Crippen molar-refractivity contribution < 1.29 is 73.9 Å². The molecular weight excluding hydrogens is 335 g/mol. The molecule has 2 rings (SSSR count). The SMILES string of the molecule is Nc1nc(CC(=O)N[C@H]2CN(S(=O)(=O)[O-])C2=O)cs1.[K+]. The third kappa shape index (κ3) is 4.21. The Kier molecular flexibility index (Phi) is 6.09. The second-order valence-corrected chi connectivity index (χ2v) is 5.99. The van der Waals surface area contributed by atoms with Crippen LogP contribution >= 0.6 is 11.3 Å². The van der Waals surface area contributed by atoms with Gasteiger partial charge in [0.15, 0.2) is 15.4 Å². The van der Waals surface area contributed by atoms with E-state index in [1.165, 1.54) is 11.3 Å². The van der Waals surface area contributed by atoms with Gasteiger partial charge in [-0.15, -0.1) is 11.3 Å². The largest absolute Gasteiger partial charge is 1.00 e. The van der Waals surface area contributed by atoms with Gasteiger partial charge < -0.3 is 15.6 Å². The van der Waals surface area contributed by atoms with Crippen molar-refractivity contribution in [2.45, 2.75) is 12.5 Å². The molecule has 2 heterocycles. The van der Waals surface area contributed by atoms with Gasteiger partial charge in [0.1, 0.15) is 6.04 Å². The minimum atomic E-state index is -4.78. The van der Waals surface area contributed by atoms with Gasteiger partial charge in [-0.25, -0.2) is 17.7 Å². The van der Waals surface area contributed by atoms with Crippen LogP contribution in [0.2, 0.25) is 0 Å². The van der Waals surface area contributed by atoms with Crippen LogP contribution in [0.5, 0.6) is 0 Å². The summed E-state index contributed by atoms with van der Waals surface area (Å²) in [7, 11) is -4.78. The van der Waals surface area contributed by atoms with Crippen molar-refractivity contribution in [2.24, 2.45) is 0 Å². The summed E-state index contributed by atoms with van der Waals surface area (Å²) in [5.41, 5.74) is 5.85. The summed E-state index contributed by atoms with van der Waals surface area (Å²) in [5.74, 6) is -1.42. The maximum absolute atomic E-state index is 11.5. The first-order chi connectivity index (χ1) is 8.77. The van der Waals surface area contributed by atoms with Gasteiger partial charge in [-0.3, -0.25) is 9.59 Å². The number of nitrogens with one attached hydrogen (secondary N) is 1. The summed E-state index contributed by atoms with van der Waals surface area (Å²) >= 11 is 1.18. The summed E-state index contributed by atoms with van der Waals surface area (Å²) in [4.78, 5) is 26.7. The van der Waals surface area contributed by atoms with Crippen LogP contribution in [0.3, 0.4) is 0 Å². The Morgan fingerprint density at radius 1 is 1.65 bits per heavy atom. The van der Waals surface area contributed by atoms with Gasteiger partial charge in [-0.2, -0.15) is 0 Å². The average molecular weight is 344 g/mol. The molecule has 1 fully saturated rings. The monoisotopic (exact) mass is 344 g/mol. The number of anilines is 1. The number of aromatic nitrogens is 1. The smallest absolute Gasteiger partial charge is 0.731 e. The molecule has 1 aromatic rings. The Hall–Kier alpha value is -0.0836. The minimum Gasteiger partial charge on any atom is -0.731 e. The van der Waals surface area contributed by atoms with Crippen LogP contribution in [0.4, 0.5) is 5.13 Å². The number of carbonyl (C=O) groups excluding carboxylic acids is 2. The summed E-state index contributed by atoms with van der Waals surface area (Å²) < 4.78 is 31.9. The molecule has 0 aromatic carbocycles. The number of hydrogen-bond donors (Lipinski definition) is 2. The summed E-state index contributed by atoms with van der Waals surface area (Å²) in [6.45, 7) is -0.338. The Morgan fingerprint density at radius 2 is 2.30 bits per heavy atom. The van der Waals surface area contributed by atoms with Gasteiger partial charge in [0.25, 0.3) is 5.91 Å². The van der Waals surface area contributed by atoms with Gasteiger partial charge in [0.2, 0.25) is 5.91 Å². The molecule has 0 radical (unpaired) electrons. The molecule has 1 saturated heterocycles. The number of amides is 2. The van der Waals surface area contributed by atoms with Gasteiger partial charge >= 0.3 is 51.4 Å². The molecule has 1 aliphatic heterocycles. The first-order valence-corrected chi connectivity index (χ1v) is 7.28. The van der Waals surface area contributed by atoms with E-state index in [0.29, 0.717) is 10.8 Å². The van der Waals surface area contributed by atoms with E-state index in [0.717, 1.165) is 0 Å². The summed E-state index contributed by atoms with van der Waals surface area (Å²) in [6.07, 6.45) is -0.0679. The maximum Gasteiger partial charge on any atom is 1.00 e. The number of rotatable bonds is 4. The Morgan fingerprint density at radius 3 is 2.75 bits per heavy atom. The van der Waals surface area contributed by atoms with E-state index in [1.54, 1.807) is 5.38 Å². The quantitative estimate of drug-likeness (QED) is 0.316. The number of nitrogens with two attached hydrogens (primary N) is 1. The van der Waals surface area contributed by atoms with Gasteiger partial charge in [0, 0.05) is 5.38 Å². The second kappa shape index (κ2) is 6.78. The fraction of sp³-hybridized carbons (Fsp3) is 0.375. The first-order valence-electron chi connectivity index (χ1n) is 5.04. The summed E-state index contributed by atoms with van der Waals surface area (Å²) in [5, 5.41) is 4.24. The zero-order valence-electron chi connectivity index (χ0n) is 10.4. The molecule has 0 bridgehead atoms. The third-order valence-corrected chi connectivity index (χ3v) is 4.00. The molecule has 20 heavy (non-hydrogen) atoms. The van der Waals surface area contributed by atoms with E-state index in [9.17, 15) is 22.6 Å². The normalized spacial score (nSPS) is 18.1. The number of hydrogen-bond acceptors (Lipinski definition) is 8. The number of β-lactam (4-membered cyclic amide) rings is 1. The summed E-state index contributed by atoms with van der Waals surface area (Å²) in [6, 6.07) is -0.979. The number of thiazole rings is 1. The molecule has 0 spiro atoms. The molecule has 2 amide bonds. The third-order valence-electron chi connectivity index (χ3n) is 2.41. The Labute approximate surface area is 161 Å². The molecule has 1 aromatic heterocycles. The van der Waals surface area contributed by atoms with E-state index in [-0.39, 0.29) is 68.7 Å². The maximum atomic E-state index is 11.5. The van der Waals surface area contributed by atoms with Gasteiger partial charge in [-0.1, -0.05) is 0 Å². The van der Waals surface area contributed by atoms with Crippen molar-refractivity contribution in [2.75, 3.05) is 12.3 Å². The topological polar surface area (TPSA) is 146 Å². The number of nitrogen functional groups attached to an aromatic ring is 1. The Balaban J connectivity index is 0.00000200. The van der Waals surface area contributed by atoms with Crippen LogP contribution in [0.1, 0.15) is 5.69 Å². The predicted molar refractivity (Wildman–Crippen MR) is 63.6 cm³/mol. The molecule has 0 aliphatic carbocycles. The fourth-order valence-electron chi connectivity index (χ4n) is 1.52. The van der Waals surface area contributed by atoms with Crippen molar-refractivity contribution in [1.82, 2.24) is 14.6 Å². The molecule has 0 saturated carbocycles.